The van der Waals surface area contributed by atoms with E-state index in [4.69, 9.17) is 4.52 Å². The molecule has 2 N–H and O–H groups in total. The Bertz CT molecular complexity index is 806. The van der Waals surface area contributed by atoms with Crippen LogP contribution in [0.4, 0.5) is 0 Å². The van der Waals surface area contributed by atoms with E-state index in [1.165, 1.54) is 0 Å². The van der Waals surface area contributed by atoms with Gasteiger partial charge in [-0.25, -0.2) is 0 Å². The van der Waals surface area contributed by atoms with Crippen molar-refractivity contribution in [2.75, 3.05) is 27.2 Å². The molecule has 0 bridgehead atoms. The molecule has 3 aromatic rings. The normalized spacial score (nSPS) is 11.3. The number of fused-ring (bicyclic) bond motifs is 1. The van der Waals surface area contributed by atoms with E-state index in [9.17, 15) is 4.79 Å². The average Bonchev–Trinajstić information content (AvgIpc) is 3.18. The highest BCUT2D eigenvalue weighted by Crippen LogP contribution is 2.21. The maximum absolute atomic E-state index is 12.0. The number of benzene rings is 1. The molecule has 0 radical (unpaired) electrons. The first-order chi connectivity index (χ1) is 11.1. The van der Waals surface area contributed by atoms with Gasteiger partial charge in [0, 0.05) is 29.2 Å². The molecule has 1 aromatic carbocycles. The van der Waals surface area contributed by atoms with Gasteiger partial charge in [0.25, 0.3) is 0 Å². The second-order valence-electron chi connectivity index (χ2n) is 5.62. The maximum Gasteiger partial charge on any atom is 0.316 e. The minimum absolute atomic E-state index is 0.0148. The van der Waals surface area contributed by atoms with Crippen molar-refractivity contribution in [1.29, 1.82) is 0 Å². The fraction of sp³-hybridized carbons (Fsp3) is 0.312. The van der Waals surface area contributed by atoms with Crippen LogP contribution < -0.4 is 5.32 Å². The topological polar surface area (TPSA) is 87.0 Å². The van der Waals surface area contributed by atoms with Gasteiger partial charge in [-0.2, -0.15) is 4.98 Å². The van der Waals surface area contributed by atoms with E-state index in [2.05, 4.69) is 25.3 Å². The van der Waals surface area contributed by atoms with Gasteiger partial charge in [0.2, 0.25) is 5.82 Å². The average molecular weight is 313 g/mol. The zero-order valence-corrected chi connectivity index (χ0v) is 13.2. The Morgan fingerprint density at radius 2 is 2.22 bits per heavy atom. The lowest BCUT2D eigenvalue weighted by atomic mass is 10.1. The number of nitrogens with one attached hydrogen (secondary N) is 2. The molecule has 0 atom stereocenters. The first-order valence-electron chi connectivity index (χ1n) is 7.47. The number of carbonyl (C=O) groups excluding carboxylic acids is 1. The Kier molecular flexibility index (Phi) is 4.38. The third-order valence-corrected chi connectivity index (χ3v) is 3.50. The molecule has 0 aliphatic carbocycles. The number of nitrogens with zero attached hydrogens (tertiary/aromatic N) is 3. The van der Waals surface area contributed by atoms with Crippen molar-refractivity contribution in [3.8, 4) is 11.4 Å². The van der Waals surface area contributed by atoms with Crippen LogP contribution in [0.3, 0.4) is 0 Å². The monoisotopic (exact) mass is 313 g/mol. The Labute approximate surface area is 133 Å². The third kappa shape index (κ3) is 3.57. The summed E-state index contributed by atoms with van der Waals surface area (Å²) < 4.78 is 5.06. The van der Waals surface area contributed by atoms with Crippen LogP contribution in [0.2, 0.25) is 0 Å². The van der Waals surface area contributed by atoms with Gasteiger partial charge in [-0.05, 0) is 51.3 Å². The van der Waals surface area contributed by atoms with Gasteiger partial charge in [-0.15, -0.1) is 0 Å². The van der Waals surface area contributed by atoms with Crippen LogP contribution in [0.1, 0.15) is 17.1 Å². The van der Waals surface area contributed by atoms with Crippen molar-refractivity contribution in [2.45, 2.75) is 6.42 Å². The molecule has 23 heavy (non-hydrogen) atoms. The number of carbonyl (C=O) groups is 1. The molecule has 3 rings (SSSR count). The van der Waals surface area contributed by atoms with Crippen LogP contribution in [0.5, 0.6) is 0 Å². The van der Waals surface area contributed by atoms with E-state index in [-0.39, 0.29) is 11.8 Å². The molecule has 2 heterocycles. The maximum atomic E-state index is 12.0. The van der Waals surface area contributed by atoms with Crippen molar-refractivity contribution in [3.05, 3.63) is 36.4 Å². The van der Waals surface area contributed by atoms with Crippen LogP contribution in [-0.2, 0) is 0 Å². The van der Waals surface area contributed by atoms with Crippen LogP contribution in [0.25, 0.3) is 22.3 Å². The molecule has 7 nitrogen and oxygen atoms in total. The molecular formula is C16H19N5O2. The lowest BCUT2D eigenvalue weighted by Crippen LogP contribution is -2.27. The summed E-state index contributed by atoms with van der Waals surface area (Å²) in [7, 11) is 3.99. The molecule has 0 saturated heterocycles. The molecule has 0 fully saturated rings. The fourth-order valence-electron chi connectivity index (χ4n) is 2.30. The Morgan fingerprint density at radius 1 is 1.35 bits per heavy atom. The van der Waals surface area contributed by atoms with Gasteiger partial charge in [0.15, 0.2) is 0 Å². The van der Waals surface area contributed by atoms with Crippen molar-refractivity contribution in [1.82, 2.24) is 25.3 Å². The molecule has 0 aliphatic heterocycles. The zero-order valence-electron chi connectivity index (χ0n) is 13.2. The molecular weight excluding hydrogens is 294 g/mol. The number of hydrogen-bond acceptors (Lipinski definition) is 5. The van der Waals surface area contributed by atoms with Crippen LogP contribution in [0.15, 0.2) is 35.0 Å². The van der Waals surface area contributed by atoms with Crippen molar-refractivity contribution in [2.24, 2.45) is 0 Å². The first-order valence-corrected chi connectivity index (χ1v) is 7.47. The summed E-state index contributed by atoms with van der Waals surface area (Å²) in [6.07, 6.45) is 2.74. The summed E-state index contributed by atoms with van der Waals surface area (Å²) in [5.41, 5.74) is 1.85. The number of aromatic nitrogens is 3. The smallest absolute Gasteiger partial charge is 0.316 e. The van der Waals surface area contributed by atoms with Gasteiger partial charge in [0.1, 0.15) is 0 Å². The highest BCUT2D eigenvalue weighted by molar-refractivity contribution is 5.90. The van der Waals surface area contributed by atoms with E-state index in [1.54, 1.807) is 0 Å². The molecule has 0 aliphatic rings. The summed E-state index contributed by atoms with van der Waals surface area (Å²) in [6, 6.07) is 7.76. The Hall–Kier alpha value is -2.67. The number of rotatable bonds is 6. The number of amides is 1. The second kappa shape index (κ2) is 6.62. The van der Waals surface area contributed by atoms with Gasteiger partial charge >= 0.3 is 11.8 Å². The van der Waals surface area contributed by atoms with Crippen LogP contribution in [0, 0.1) is 0 Å². The molecule has 0 unspecified atom stereocenters. The van der Waals surface area contributed by atoms with E-state index < -0.39 is 0 Å². The summed E-state index contributed by atoms with van der Waals surface area (Å²) in [5, 5.41) is 7.72. The van der Waals surface area contributed by atoms with E-state index >= 15 is 0 Å². The van der Waals surface area contributed by atoms with Crippen molar-refractivity contribution < 1.29 is 9.32 Å². The summed E-state index contributed by atoms with van der Waals surface area (Å²) >= 11 is 0. The molecule has 0 saturated carbocycles. The third-order valence-electron chi connectivity index (χ3n) is 3.50. The predicted molar refractivity (Wildman–Crippen MR) is 87.1 cm³/mol. The number of H-pyrrole nitrogens is 1. The van der Waals surface area contributed by atoms with E-state index in [0.717, 1.165) is 29.4 Å². The molecule has 7 heteroatoms. The number of hydrogen-bond donors (Lipinski definition) is 2. The largest absolute Gasteiger partial charge is 0.361 e. The summed E-state index contributed by atoms with van der Waals surface area (Å²) in [4.78, 5) is 21.3. The van der Waals surface area contributed by atoms with E-state index in [0.29, 0.717) is 12.4 Å². The summed E-state index contributed by atoms with van der Waals surface area (Å²) in [6.45, 7) is 1.48. The van der Waals surface area contributed by atoms with E-state index in [1.807, 2.05) is 44.6 Å². The minimum atomic E-state index is -0.342. The van der Waals surface area contributed by atoms with Gasteiger partial charge in [-0.1, -0.05) is 5.16 Å². The lowest BCUT2D eigenvalue weighted by Gasteiger charge is -2.08. The highest BCUT2D eigenvalue weighted by Gasteiger charge is 2.15. The van der Waals surface area contributed by atoms with Gasteiger partial charge in [0.05, 0.1) is 0 Å². The fourth-order valence-corrected chi connectivity index (χ4v) is 2.30. The Morgan fingerprint density at radius 3 is 3.04 bits per heavy atom. The van der Waals surface area contributed by atoms with Crippen molar-refractivity contribution >= 4 is 16.8 Å². The Balaban J connectivity index is 1.66. The van der Waals surface area contributed by atoms with Crippen LogP contribution in [-0.4, -0.2) is 53.1 Å². The second-order valence-corrected chi connectivity index (χ2v) is 5.62. The SMILES string of the molecule is CN(C)CCCNC(=O)c1nc(-c2ccc3[nH]ccc3c2)no1. The quantitative estimate of drug-likeness (QED) is 0.679. The zero-order chi connectivity index (χ0) is 16.2. The highest BCUT2D eigenvalue weighted by atomic mass is 16.5. The standard InChI is InChI=1S/C16H19N5O2/c1-21(2)9-3-7-18-15(22)16-19-14(20-23-16)12-4-5-13-11(10-12)6-8-17-13/h4-6,8,10,17H,3,7,9H2,1-2H3,(H,18,22). The van der Waals surface area contributed by atoms with Gasteiger partial charge in [-0.3, -0.25) is 4.79 Å². The summed E-state index contributed by atoms with van der Waals surface area (Å²) in [5.74, 6) is 0.0517. The minimum Gasteiger partial charge on any atom is -0.361 e. The molecule has 2 aromatic heterocycles. The lowest BCUT2D eigenvalue weighted by molar-refractivity contribution is 0.0908. The van der Waals surface area contributed by atoms with Gasteiger partial charge < -0.3 is 19.7 Å². The first kappa shape index (κ1) is 15.2. The molecule has 0 spiro atoms. The van der Waals surface area contributed by atoms with Crippen molar-refractivity contribution in [3.63, 3.8) is 0 Å². The predicted octanol–water partition coefficient (Wildman–Crippen LogP) is 1.90. The molecule has 1 amide bonds. The number of aromatic amines is 1. The van der Waals surface area contributed by atoms with Crippen LogP contribution >= 0.6 is 0 Å². The molecule has 120 valence electrons.